The van der Waals surface area contributed by atoms with Gasteiger partial charge in [-0.3, -0.25) is 0 Å². The number of unbranched alkanes of at least 4 members (excludes halogenated alkanes) is 2. The Kier molecular flexibility index (Phi) is 35.3. The molecule has 0 nitrogen and oxygen atoms in total. The van der Waals surface area contributed by atoms with Crippen LogP contribution in [0.15, 0.2) is 0 Å². The summed E-state index contributed by atoms with van der Waals surface area (Å²) < 4.78 is 0. The molecule has 0 aromatic heterocycles. The Hall–Kier alpha value is 0.913. The van der Waals surface area contributed by atoms with Gasteiger partial charge in [-0.25, -0.2) is 0 Å². The Bertz CT molecular complexity index is 15.6. The van der Waals surface area contributed by atoms with Crippen molar-refractivity contribution in [2.75, 3.05) is 0 Å². The first-order valence-corrected chi connectivity index (χ1v) is 2.21. The van der Waals surface area contributed by atoms with Crippen LogP contribution >= 0.6 is 0 Å². The van der Waals surface area contributed by atoms with Gasteiger partial charge in [0, 0.05) is 0 Å². The van der Waals surface area contributed by atoms with E-state index in [4.69, 9.17) is 0 Å². The molecule has 2 heteroatoms. The van der Waals surface area contributed by atoms with Crippen molar-refractivity contribution in [3.05, 3.63) is 6.92 Å². The third-order valence-electron chi connectivity index (χ3n) is 0.604. The molecule has 0 spiro atoms. The average molecular weight is 172 g/mol. The Morgan fingerprint density at radius 2 is 1.86 bits per heavy atom. The molecule has 0 rings (SSSR count). The van der Waals surface area contributed by atoms with Gasteiger partial charge in [0.15, 0.2) is 0 Å². The van der Waals surface area contributed by atoms with Gasteiger partial charge in [-0.05, 0) is 0 Å². The largest absolute Gasteiger partial charge is 2.00 e. The molecule has 0 amide bonds. The van der Waals surface area contributed by atoms with E-state index in [1.807, 2.05) is 0 Å². The van der Waals surface area contributed by atoms with E-state index in [0.717, 1.165) is 6.42 Å². The van der Waals surface area contributed by atoms with E-state index in [2.05, 4.69) is 13.8 Å². The van der Waals surface area contributed by atoms with Gasteiger partial charge in [-0.2, -0.15) is 6.42 Å². The summed E-state index contributed by atoms with van der Waals surface area (Å²) in [4.78, 5) is 0. The molecule has 0 aromatic rings. The summed E-state index contributed by atoms with van der Waals surface area (Å²) in [5.74, 6) is 0. The van der Waals surface area contributed by atoms with E-state index in [9.17, 15) is 0 Å². The zero-order chi connectivity index (χ0) is 4.12. The van der Waals surface area contributed by atoms with Crippen LogP contribution in [-0.4, -0.2) is 0 Å². The van der Waals surface area contributed by atoms with E-state index >= 15 is 0 Å². The smallest absolute Gasteiger partial charge is 1.00 e. The van der Waals surface area contributed by atoms with Crippen LogP contribution in [0.4, 0.5) is 0 Å². The third-order valence-corrected chi connectivity index (χ3v) is 0.604. The molecule has 0 bridgehead atoms. The quantitative estimate of drug-likeness (QED) is 0.370. The maximum atomic E-state index is 3.68. The van der Waals surface area contributed by atoms with Crippen LogP contribution in [0, 0.1) is 6.92 Å². The Morgan fingerprint density at radius 3 is 1.86 bits per heavy atom. The van der Waals surface area contributed by atoms with Crippen LogP contribution in [0.2, 0.25) is 0 Å². The van der Waals surface area contributed by atoms with Crippen LogP contribution in [0.25, 0.3) is 0 Å². The summed E-state index contributed by atoms with van der Waals surface area (Å²) in [6, 6.07) is 0. The molecular weight excluding hydrogens is 161 g/mol. The zero-order valence-corrected chi connectivity index (χ0v) is 8.64. The van der Waals surface area contributed by atoms with Crippen molar-refractivity contribution in [2.24, 2.45) is 0 Å². The second-order valence-electron chi connectivity index (χ2n) is 1.21. The monoisotopic (exact) mass is 170 g/mol. The predicted molar refractivity (Wildman–Crippen MR) is 24.9 cm³/mol. The molecule has 0 saturated carbocycles. The minimum Gasteiger partial charge on any atom is -1.00 e. The van der Waals surface area contributed by atoms with Gasteiger partial charge in [0.25, 0.3) is 0 Å². The summed E-state index contributed by atoms with van der Waals surface area (Å²) in [7, 11) is 0. The van der Waals surface area contributed by atoms with E-state index in [1.165, 1.54) is 12.8 Å². The summed E-state index contributed by atoms with van der Waals surface area (Å²) in [5, 5.41) is 0. The maximum absolute atomic E-state index is 3.68. The van der Waals surface area contributed by atoms with Gasteiger partial charge in [0.2, 0.25) is 0 Å². The molecule has 0 saturated heterocycles. The number of rotatable bonds is 2. The summed E-state index contributed by atoms with van der Waals surface area (Å²) in [6.07, 6.45) is 3.65. The van der Waals surface area contributed by atoms with E-state index in [1.54, 1.807) is 0 Å². The normalized spacial score (nSPS) is 6.00. The Balaban J connectivity index is -0.0000000800. The van der Waals surface area contributed by atoms with Crippen LogP contribution in [0.3, 0.4) is 0 Å². The van der Waals surface area contributed by atoms with Gasteiger partial charge < -0.3 is 19.3 Å². The minimum absolute atomic E-state index is 0. The van der Waals surface area contributed by atoms with Gasteiger partial charge >= 0.3 is 19.5 Å². The number of hydrogen-bond acceptors (Lipinski definition) is 0. The van der Waals surface area contributed by atoms with Crippen molar-refractivity contribution in [1.82, 2.24) is 0 Å². The molecule has 0 heterocycles. The zero-order valence-electron chi connectivity index (χ0n) is 4.91. The van der Waals surface area contributed by atoms with E-state index in [0.29, 0.717) is 0 Å². The molecule has 7 heavy (non-hydrogen) atoms. The Labute approximate surface area is 65.2 Å². The second-order valence-corrected chi connectivity index (χ2v) is 1.21. The molecule has 40 valence electrons. The van der Waals surface area contributed by atoms with Crippen LogP contribution in [0.1, 0.15) is 26.2 Å². The van der Waals surface area contributed by atoms with Crippen LogP contribution in [-0.2, 0) is 19.5 Å². The van der Waals surface area contributed by atoms with Crippen molar-refractivity contribution < 1.29 is 31.9 Å². The predicted octanol–water partition coefficient (Wildman–Crippen LogP) is -0.988. The first kappa shape index (κ1) is 15.7. The molecule has 0 aromatic carbocycles. The fraction of sp³-hybridized carbons (Fsp3) is 0.800. The summed E-state index contributed by atoms with van der Waals surface area (Å²) in [6.45, 7) is 5.85. The third kappa shape index (κ3) is 19.7. The van der Waals surface area contributed by atoms with Gasteiger partial charge in [0.05, 0.1) is 0 Å². The molecule has 0 fully saturated rings. The first-order chi connectivity index (χ1) is 2.41. The Morgan fingerprint density at radius 1 is 1.43 bits per heavy atom. The van der Waals surface area contributed by atoms with Crippen LogP contribution in [0.5, 0.6) is 0 Å². The molecule has 0 aliphatic carbocycles. The average Bonchev–Trinajstić information content (AvgIpc) is 1.41. The van der Waals surface area contributed by atoms with Crippen molar-refractivity contribution in [3.63, 3.8) is 0 Å². The molecule has 0 aliphatic rings. The summed E-state index contributed by atoms with van der Waals surface area (Å²) in [5.41, 5.74) is 0. The SMILES string of the molecule is [CH2-]CCCC.[Cl-].[Zn+2]. The minimum atomic E-state index is 0. The molecule has 0 N–H and O–H groups in total. The first-order valence-electron chi connectivity index (χ1n) is 2.21. The fourth-order valence-electron chi connectivity index (χ4n) is 0.250. The van der Waals surface area contributed by atoms with Gasteiger partial charge in [-0.15, -0.1) is 0 Å². The number of hydrogen-bond donors (Lipinski definition) is 0. The van der Waals surface area contributed by atoms with Crippen molar-refractivity contribution in [3.8, 4) is 0 Å². The molecular formula is C5H11ClZn. The van der Waals surface area contributed by atoms with Crippen molar-refractivity contribution >= 4 is 0 Å². The molecule has 0 aliphatic heterocycles. The van der Waals surface area contributed by atoms with E-state index < -0.39 is 0 Å². The van der Waals surface area contributed by atoms with Gasteiger partial charge in [-0.1, -0.05) is 19.8 Å². The second kappa shape index (κ2) is 15.8. The van der Waals surface area contributed by atoms with Crippen LogP contribution < -0.4 is 12.4 Å². The van der Waals surface area contributed by atoms with Gasteiger partial charge in [0.1, 0.15) is 0 Å². The molecule has 0 unspecified atom stereocenters. The topological polar surface area (TPSA) is 0 Å². The van der Waals surface area contributed by atoms with Crippen molar-refractivity contribution in [1.29, 1.82) is 0 Å². The standard InChI is InChI=1S/C5H11.ClH.Zn/c1-3-5-4-2;;/h1,3-5H2,2H3;1H;/q-1;;+2/p-1. The summed E-state index contributed by atoms with van der Waals surface area (Å²) >= 11 is 0. The molecule has 0 atom stereocenters. The maximum Gasteiger partial charge on any atom is 2.00 e. The van der Waals surface area contributed by atoms with E-state index in [-0.39, 0.29) is 31.9 Å². The fourth-order valence-corrected chi connectivity index (χ4v) is 0.250. The molecule has 0 radical (unpaired) electrons. The van der Waals surface area contributed by atoms with Crippen molar-refractivity contribution in [2.45, 2.75) is 26.2 Å². The number of halogens is 1.